The molecule has 3 aromatic rings. The molecule has 7 nitrogen and oxygen atoms in total. The quantitative estimate of drug-likeness (QED) is 0.672. The molecule has 1 atom stereocenters. The molecule has 8 heteroatoms. The van der Waals surface area contributed by atoms with E-state index in [1.165, 1.54) is 0 Å². The topological polar surface area (TPSA) is 87.5 Å². The van der Waals surface area contributed by atoms with Crippen LogP contribution in [0.1, 0.15) is 17.5 Å². The van der Waals surface area contributed by atoms with Crippen molar-refractivity contribution in [3.63, 3.8) is 0 Å². The Hall–Kier alpha value is -2.79. The molecular formula is C20H19ClN4O3. The van der Waals surface area contributed by atoms with Crippen LogP contribution < -0.4 is 5.32 Å². The van der Waals surface area contributed by atoms with Crippen molar-refractivity contribution in [2.45, 2.75) is 6.04 Å². The number of nitriles is 1. The molecule has 4 rings (SSSR count). The molecule has 1 aliphatic rings. The number of furan rings is 1. The summed E-state index contributed by atoms with van der Waals surface area (Å²) in [4.78, 5) is 6.58. The summed E-state index contributed by atoms with van der Waals surface area (Å²) in [6.07, 6.45) is 1.66. The predicted octanol–water partition coefficient (Wildman–Crippen LogP) is 3.95. The summed E-state index contributed by atoms with van der Waals surface area (Å²) in [6, 6.07) is 13.0. The van der Waals surface area contributed by atoms with Crippen LogP contribution in [0, 0.1) is 11.3 Å². The molecule has 0 aliphatic carbocycles. The van der Waals surface area contributed by atoms with Crippen LogP contribution in [-0.2, 0) is 4.74 Å². The number of nitrogens with one attached hydrogen (secondary N) is 1. The highest BCUT2D eigenvalue weighted by Crippen LogP contribution is 2.28. The lowest BCUT2D eigenvalue weighted by Gasteiger charge is -2.33. The Bertz CT molecular complexity index is 941. The van der Waals surface area contributed by atoms with Crippen LogP contribution >= 0.6 is 11.6 Å². The third-order valence-corrected chi connectivity index (χ3v) is 4.89. The summed E-state index contributed by atoms with van der Waals surface area (Å²) in [5.74, 6) is 1.57. The molecule has 28 heavy (non-hydrogen) atoms. The van der Waals surface area contributed by atoms with Crippen molar-refractivity contribution >= 4 is 17.5 Å². The number of anilines is 1. The maximum absolute atomic E-state index is 9.44. The third-order valence-electron chi connectivity index (χ3n) is 4.64. The van der Waals surface area contributed by atoms with E-state index < -0.39 is 0 Å². The standard InChI is InChI=1S/C20H19ClN4O3/c21-15-5-3-14(4-6-15)19-24-16(12-22)20(28-19)23-13-17(18-2-1-9-27-18)25-7-10-26-11-8-25/h1-6,9,17,23H,7-8,10-11,13H2. The number of nitrogens with zero attached hydrogens (tertiary/aromatic N) is 3. The van der Waals surface area contributed by atoms with Crippen molar-refractivity contribution in [3.05, 3.63) is 59.1 Å². The zero-order valence-corrected chi connectivity index (χ0v) is 15.9. The van der Waals surface area contributed by atoms with E-state index in [0.29, 0.717) is 36.6 Å². The Labute approximate surface area is 167 Å². The molecule has 1 N–H and O–H groups in total. The van der Waals surface area contributed by atoms with Crippen molar-refractivity contribution in [1.82, 2.24) is 9.88 Å². The van der Waals surface area contributed by atoms with Gasteiger partial charge in [0.1, 0.15) is 11.8 Å². The monoisotopic (exact) mass is 398 g/mol. The first-order valence-electron chi connectivity index (χ1n) is 9.00. The maximum atomic E-state index is 9.44. The number of hydrogen-bond donors (Lipinski definition) is 1. The summed E-state index contributed by atoms with van der Waals surface area (Å²) in [6.45, 7) is 3.50. The van der Waals surface area contributed by atoms with Gasteiger partial charge in [-0.1, -0.05) is 11.6 Å². The van der Waals surface area contributed by atoms with Crippen molar-refractivity contribution in [2.75, 3.05) is 38.2 Å². The minimum atomic E-state index is -0.00507. The van der Waals surface area contributed by atoms with E-state index in [4.69, 9.17) is 25.2 Å². The Morgan fingerprint density at radius 1 is 1.21 bits per heavy atom. The van der Waals surface area contributed by atoms with Crippen molar-refractivity contribution in [1.29, 1.82) is 5.26 Å². The van der Waals surface area contributed by atoms with Gasteiger partial charge in [-0.3, -0.25) is 4.90 Å². The third kappa shape index (κ3) is 4.04. The number of ether oxygens (including phenoxy) is 1. The lowest BCUT2D eigenvalue weighted by Crippen LogP contribution is -2.41. The minimum Gasteiger partial charge on any atom is -0.468 e. The maximum Gasteiger partial charge on any atom is 0.232 e. The summed E-state index contributed by atoms with van der Waals surface area (Å²) in [7, 11) is 0. The van der Waals surface area contributed by atoms with Gasteiger partial charge in [-0.15, -0.1) is 0 Å². The number of morpholine rings is 1. The Kier molecular flexibility index (Phi) is 5.63. The molecule has 0 amide bonds. The van der Waals surface area contributed by atoms with Gasteiger partial charge in [-0.05, 0) is 36.4 Å². The van der Waals surface area contributed by atoms with Gasteiger partial charge < -0.3 is 18.9 Å². The highest BCUT2D eigenvalue weighted by Gasteiger charge is 2.26. The lowest BCUT2D eigenvalue weighted by molar-refractivity contribution is 0.0144. The second-order valence-corrected chi connectivity index (χ2v) is 6.81. The molecule has 3 heterocycles. The summed E-state index contributed by atoms with van der Waals surface area (Å²) in [5.41, 5.74) is 0.967. The van der Waals surface area contributed by atoms with Crippen LogP contribution in [-0.4, -0.2) is 42.7 Å². The molecule has 0 radical (unpaired) electrons. The summed E-state index contributed by atoms with van der Waals surface area (Å²) < 4.78 is 16.9. The fourth-order valence-corrected chi connectivity index (χ4v) is 3.33. The zero-order valence-electron chi connectivity index (χ0n) is 15.1. The molecular weight excluding hydrogens is 380 g/mol. The van der Waals surface area contributed by atoms with Crippen molar-refractivity contribution in [3.8, 4) is 17.5 Å². The Morgan fingerprint density at radius 3 is 2.68 bits per heavy atom. The van der Waals surface area contributed by atoms with Crippen molar-refractivity contribution in [2.24, 2.45) is 0 Å². The van der Waals surface area contributed by atoms with Gasteiger partial charge >= 0.3 is 0 Å². The van der Waals surface area contributed by atoms with E-state index in [-0.39, 0.29) is 11.7 Å². The van der Waals surface area contributed by atoms with E-state index in [0.717, 1.165) is 24.4 Å². The molecule has 1 fully saturated rings. The van der Waals surface area contributed by atoms with E-state index in [1.54, 1.807) is 30.5 Å². The molecule has 1 saturated heterocycles. The second-order valence-electron chi connectivity index (χ2n) is 6.38. The number of benzene rings is 1. The molecule has 0 saturated carbocycles. The predicted molar refractivity (Wildman–Crippen MR) is 104 cm³/mol. The van der Waals surface area contributed by atoms with Crippen LogP contribution in [0.25, 0.3) is 11.5 Å². The van der Waals surface area contributed by atoms with Gasteiger partial charge in [0.2, 0.25) is 17.5 Å². The first kappa shape index (κ1) is 18.6. The van der Waals surface area contributed by atoms with Gasteiger partial charge in [0, 0.05) is 30.2 Å². The van der Waals surface area contributed by atoms with E-state index >= 15 is 0 Å². The molecule has 1 unspecified atom stereocenters. The van der Waals surface area contributed by atoms with E-state index in [1.807, 2.05) is 12.1 Å². The van der Waals surface area contributed by atoms with Gasteiger partial charge in [-0.2, -0.15) is 10.2 Å². The lowest BCUT2D eigenvalue weighted by atomic mass is 10.1. The van der Waals surface area contributed by atoms with E-state index in [9.17, 15) is 5.26 Å². The molecule has 144 valence electrons. The smallest absolute Gasteiger partial charge is 0.232 e. The highest BCUT2D eigenvalue weighted by atomic mass is 35.5. The van der Waals surface area contributed by atoms with Gasteiger partial charge in [0.05, 0.1) is 25.5 Å². The Morgan fingerprint density at radius 2 is 2.00 bits per heavy atom. The van der Waals surface area contributed by atoms with Crippen LogP contribution in [0.15, 0.2) is 51.5 Å². The van der Waals surface area contributed by atoms with Gasteiger partial charge in [0.15, 0.2) is 0 Å². The number of hydrogen-bond acceptors (Lipinski definition) is 7. The highest BCUT2D eigenvalue weighted by molar-refractivity contribution is 6.30. The Balaban J connectivity index is 1.54. The fourth-order valence-electron chi connectivity index (χ4n) is 3.20. The van der Waals surface area contributed by atoms with Crippen LogP contribution in [0.5, 0.6) is 0 Å². The number of oxazole rings is 1. The average molecular weight is 399 g/mol. The summed E-state index contributed by atoms with van der Waals surface area (Å²) >= 11 is 5.93. The normalized spacial score (nSPS) is 15.9. The minimum absolute atomic E-state index is 0.00507. The number of aromatic nitrogens is 1. The number of halogens is 1. The fraction of sp³-hybridized carbons (Fsp3) is 0.300. The van der Waals surface area contributed by atoms with Crippen molar-refractivity contribution < 1.29 is 13.6 Å². The summed E-state index contributed by atoms with van der Waals surface area (Å²) in [5, 5.41) is 13.3. The van der Waals surface area contributed by atoms with E-state index in [2.05, 4.69) is 21.3 Å². The zero-order chi connectivity index (χ0) is 19.3. The van der Waals surface area contributed by atoms with Crippen LogP contribution in [0.3, 0.4) is 0 Å². The molecule has 2 aromatic heterocycles. The van der Waals surface area contributed by atoms with Gasteiger partial charge in [0.25, 0.3) is 0 Å². The average Bonchev–Trinajstić information content (AvgIpc) is 3.40. The first-order valence-corrected chi connectivity index (χ1v) is 9.38. The number of rotatable bonds is 6. The molecule has 1 aliphatic heterocycles. The largest absolute Gasteiger partial charge is 0.468 e. The second kappa shape index (κ2) is 8.48. The van der Waals surface area contributed by atoms with Crippen LogP contribution in [0.4, 0.5) is 5.88 Å². The van der Waals surface area contributed by atoms with Gasteiger partial charge in [-0.25, -0.2) is 0 Å². The molecule has 0 spiro atoms. The molecule has 0 bridgehead atoms. The molecule has 1 aromatic carbocycles. The van der Waals surface area contributed by atoms with Crippen LogP contribution in [0.2, 0.25) is 5.02 Å². The SMILES string of the molecule is N#Cc1nc(-c2ccc(Cl)cc2)oc1NCC(c1ccco1)N1CCOCC1. The first-order chi connectivity index (χ1) is 13.7.